The zero-order valence-electron chi connectivity index (χ0n) is 14.2. The average molecular weight is 311 g/mol. The Morgan fingerprint density at radius 1 is 1.43 bits per heavy atom. The lowest BCUT2D eigenvalue weighted by molar-refractivity contribution is -0.132. The molecule has 2 rings (SSSR count). The third-order valence-corrected chi connectivity index (χ3v) is 10.6. The Bertz CT molecular complexity index is 449. The van der Waals surface area contributed by atoms with Crippen LogP contribution in [-0.4, -0.2) is 31.9 Å². The summed E-state index contributed by atoms with van der Waals surface area (Å²) in [5.41, 5.74) is 0.759. The standard InChI is InChI=1S/C17H30O3Si/c1-12-11-17(8-7-13(18)14(12)15(17)19)9-10-20-21(5,6)16(2,3)4/h14-15,19H,1,7-11H2,2-6H3/t14-,15-,17+/m1/s1. The molecule has 0 unspecified atom stereocenters. The largest absolute Gasteiger partial charge is 0.417 e. The second kappa shape index (κ2) is 5.32. The van der Waals surface area contributed by atoms with Gasteiger partial charge < -0.3 is 9.53 Å². The van der Waals surface area contributed by atoms with Crippen molar-refractivity contribution in [1.82, 2.24) is 0 Å². The van der Waals surface area contributed by atoms with E-state index in [9.17, 15) is 9.90 Å². The topological polar surface area (TPSA) is 46.5 Å². The van der Waals surface area contributed by atoms with E-state index in [0.717, 1.165) is 24.8 Å². The summed E-state index contributed by atoms with van der Waals surface area (Å²) in [6.45, 7) is 15.9. The van der Waals surface area contributed by atoms with Crippen LogP contribution in [0.4, 0.5) is 0 Å². The van der Waals surface area contributed by atoms with Gasteiger partial charge in [0.1, 0.15) is 5.78 Å². The van der Waals surface area contributed by atoms with E-state index in [4.69, 9.17) is 4.43 Å². The van der Waals surface area contributed by atoms with Crippen molar-refractivity contribution in [3.05, 3.63) is 12.2 Å². The summed E-state index contributed by atoms with van der Waals surface area (Å²) < 4.78 is 6.27. The van der Waals surface area contributed by atoms with E-state index in [2.05, 4.69) is 40.4 Å². The Balaban J connectivity index is 2.01. The number of aliphatic hydroxyl groups excluding tert-OH is 1. The number of ketones is 1. The number of carbonyl (C=O) groups excluding carboxylic acids is 1. The molecule has 21 heavy (non-hydrogen) atoms. The Labute approximate surface area is 129 Å². The van der Waals surface area contributed by atoms with Crippen molar-refractivity contribution in [1.29, 1.82) is 0 Å². The van der Waals surface area contributed by atoms with Gasteiger partial charge in [-0.3, -0.25) is 4.79 Å². The molecule has 2 fully saturated rings. The molecular weight excluding hydrogens is 280 g/mol. The zero-order valence-corrected chi connectivity index (χ0v) is 15.2. The van der Waals surface area contributed by atoms with Crippen molar-refractivity contribution in [2.75, 3.05) is 6.61 Å². The smallest absolute Gasteiger partial charge is 0.191 e. The minimum atomic E-state index is -1.75. The number of aliphatic hydroxyl groups is 1. The van der Waals surface area contributed by atoms with Crippen LogP contribution in [0.2, 0.25) is 18.1 Å². The van der Waals surface area contributed by atoms with Crippen LogP contribution < -0.4 is 0 Å². The van der Waals surface area contributed by atoms with Crippen LogP contribution in [-0.2, 0) is 9.22 Å². The van der Waals surface area contributed by atoms with Gasteiger partial charge in [-0.25, -0.2) is 0 Å². The molecule has 2 aliphatic carbocycles. The molecule has 3 atom stereocenters. The third-order valence-electron chi connectivity index (χ3n) is 6.05. The molecule has 2 aliphatic rings. The number of rotatable bonds is 4. The molecular formula is C17H30O3Si. The lowest BCUT2D eigenvalue weighted by atomic mass is 9.71. The van der Waals surface area contributed by atoms with Crippen LogP contribution in [0.1, 0.15) is 46.5 Å². The fourth-order valence-corrected chi connectivity index (χ4v) is 4.54. The van der Waals surface area contributed by atoms with E-state index >= 15 is 0 Å². The van der Waals surface area contributed by atoms with E-state index in [0.29, 0.717) is 13.0 Å². The van der Waals surface area contributed by atoms with Crippen LogP contribution in [0.5, 0.6) is 0 Å². The SMILES string of the molecule is C=C1C[C@@]2(CCO[Si](C)(C)C(C)(C)C)CCC(=O)[C@@H]1[C@H]2O. The second-order valence-corrected chi connectivity index (χ2v) is 13.3. The van der Waals surface area contributed by atoms with E-state index in [1.165, 1.54) is 0 Å². The van der Waals surface area contributed by atoms with Crippen molar-refractivity contribution < 1.29 is 14.3 Å². The highest BCUT2D eigenvalue weighted by Gasteiger charge is 2.55. The number of hydrogen-bond acceptors (Lipinski definition) is 3. The first-order valence-electron chi connectivity index (χ1n) is 8.03. The first kappa shape index (κ1) is 16.9. The van der Waals surface area contributed by atoms with Crippen molar-refractivity contribution >= 4 is 14.1 Å². The molecule has 0 amide bonds. The quantitative estimate of drug-likeness (QED) is 0.636. The van der Waals surface area contributed by atoms with Gasteiger partial charge >= 0.3 is 0 Å². The fourth-order valence-electron chi connectivity index (χ4n) is 3.50. The molecule has 0 heterocycles. The Kier molecular flexibility index (Phi) is 4.28. The van der Waals surface area contributed by atoms with E-state index in [-0.39, 0.29) is 22.2 Å². The van der Waals surface area contributed by atoms with E-state index in [1.54, 1.807) is 0 Å². The lowest BCUT2D eigenvalue weighted by Crippen LogP contribution is -2.44. The summed E-state index contributed by atoms with van der Waals surface area (Å²) in [7, 11) is -1.75. The molecule has 2 saturated carbocycles. The first-order valence-corrected chi connectivity index (χ1v) is 10.9. The van der Waals surface area contributed by atoms with Gasteiger partial charge in [0, 0.05) is 18.4 Å². The Morgan fingerprint density at radius 2 is 2.05 bits per heavy atom. The van der Waals surface area contributed by atoms with Crippen molar-refractivity contribution in [3.8, 4) is 0 Å². The highest BCUT2D eigenvalue weighted by molar-refractivity contribution is 6.74. The van der Waals surface area contributed by atoms with Gasteiger partial charge in [0.2, 0.25) is 0 Å². The highest BCUT2D eigenvalue weighted by atomic mass is 28.4. The van der Waals surface area contributed by atoms with Gasteiger partial charge in [-0.05, 0) is 37.4 Å². The van der Waals surface area contributed by atoms with Gasteiger partial charge in [-0.1, -0.05) is 32.9 Å². The molecule has 0 radical (unpaired) electrons. The number of Topliss-reactive ketones (excluding diaryl/α,β-unsaturated/α-hetero) is 1. The van der Waals surface area contributed by atoms with Gasteiger partial charge in [0.25, 0.3) is 0 Å². The minimum absolute atomic E-state index is 0.169. The summed E-state index contributed by atoms with van der Waals surface area (Å²) >= 11 is 0. The Morgan fingerprint density at radius 3 is 2.62 bits per heavy atom. The molecule has 2 bridgehead atoms. The third kappa shape index (κ3) is 2.90. The summed E-state index contributed by atoms with van der Waals surface area (Å²) in [5.74, 6) is -0.141. The average Bonchev–Trinajstić information content (AvgIpc) is 2.47. The second-order valence-electron chi connectivity index (χ2n) is 8.44. The van der Waals surface area contributed by atoms with Crippen molar-refractivity contribution in [3.63, 3.8) is 0 Å². The van der Waals surface area contributed by atoms with Gasteiger partial charge in [0.05, 0.1) is 12.0 Å². The summed E-state index contributed by atoms with van der Waals surface area (Å²) in [6.07, 6.45) is 2.44. The van der Waals surface area contributed by atoms with Crippen LogP contribution >= 0.6 is 0 Å². The monoisotopic (exact) mass is 310 g/mol. The van der Waals surface area contributed by atoms with Gasteiger partial charge in [-0.15, -0.1) is 0 Å². The van der Waals surface area contributed by atoms with Crippen LogP contribution in [0.3, 0.4) is 0 Å². The highest BCUT2D eigenvalue weighted by Crippen LogP contribution is 2.54. The summed E-state index contributed by atoms with van der Waals surface area (Å²) in [5, 5.41) is 10.8. The Hall–Kier alpha value is -0.453. The van der Waals surface area contributed by atoms with Gasteiger partial charge in [0.15, 0.2) is 8.32 Å². The molecule has 3 nitrogen and oxygen atoms in total. The van der Waals surface area contributed by atoms with Crippen LogP contribution in [0, 0.1) is 11.3 Å². The van der Waals surface area contributed by atoms with Gasteiger partial charge in [-0.2, -0.15) is 0 Å². The maximum Gasteiger partial charge on any atom is 0.191 e. The van der Waals surface area contributed by atoms with Crippen LogP contribution in [0.25, 0.3) is 0 Å². The maximum atomic E-state index is 11.9. The molecule has 0 aromatic heterocycles. The molecule has 0 aromatic rings. The minimum Gasteiger partial charge on any atom is -0.417 e. The van der Waals surface area contributed by atoms with Crippen LogP contribution in [0.15, 0.2) is 12.2 Å². The number of carbonyl (C=O) groups is 1. The molecule has 0 spiro atoms. The van der Waals surface area contributed by atoms with Crippen molar-refractivity contribution in [2.24, 2.45) is 11.3 Å². The molecule has 4 heteroatoms. The number of fused-ring (bicyclic) bond motifs is 2. The number of hydrogen-bond donors (Lipinski definition) is 1. The predicted molar refractivity (Wildman–Crippen MR) is 87.7 cm³/mol. The molecule has 120 valence electrons. The zero-order chi connectivity index (χ0) is 16.1. The predicted octanol–water partition coefficient (Wildman–Crippen LogP) is 3.68. The first-order chi connectivity index (χ1) is 9.50. The van der Waals surface area contributed by atoms with Crippen molar-refractivity contribution in [2.45, 2.75) is 70.7 Å². The summed E-state index contributed by atoms with van der Waals surface area (Å²) in [4.78, 5) is 11.9. The fraction of sp³-hybridized carbons (Fsp3) is 0.824. The molecule has 1 N–H and O–H groups in total. The summed E-state index contributed by atoms with van der Waals surface area (Å²) in [6, 6.07) is 0. The maximum absolute atomic E-state index is 11.9. The van der Waals surface area contributed by atoms with E-state index in [1.807, 2.05) is 0 Å². The normalized spacial score (nSPS) is 33.6. The molecule has 0 aromatic carbocycles. The molecule has 0 saturated heterocycles. The lowest BCUT2D eigenvalue weighted by Gasteiger charge is -2.40. The molecule has 0 aliphatic heterocycles. The van der Waals surface area contributed by atoms with E-state index < -0.39 is 14.4 Å².